The third kappa shape index (κ3) is 4.00. The monoisotopic (exact) mass is 299 g/mol. The van der Waals surface area contributed by atoms with E-state index in [4.69, 9.17) is 0 Å². The minimum atomic E-state index is -0.459. The quantitative estimate of drug-likeness (QED) is 0.856. The van der Waals surface area contributed by atoms with Crippen molar-refractivity contribution in [1.29, 1.82) is 0 Å². The number of aromatic nitrogens is 3. The maximum Gasteiger partial charge on any atom is 0.246 e. The first-order chi connectivity index (χ1) is 10.6. The van der Waals surface area contributed by atoms with Gasteiger partial charge in [-0.15, -0.1) is 5.10 Å². The highest BCUT2D eigenvalue weighted by atomic mass is 16.2. The Morgan fingerprint density at radius 1 is 1.09 bits per heavy atom. The van der Waals surface area contributed by atoms with E-state index < -0.39 is 6.04 Å². The molecule has 0 saturated carbocycles. The van der Waals surface area contributed by atoms with Crippen molar-refractivity contribution in [1.82, 2.24) is 15.2 Å². The van der Waals surface area contributed by atoms with Crippen LogP contribution in [0.2, 0.25) is 0 Å². The molecule has 1 aromatic carbocycles. The van der Waals surface area contributed by atoms with Crippen molar-refractivity contribution in [2.24, 2.45) is 0 Å². The number of hydrogen-bond donors (Lipinski definition) is 2. The molecule has 1 aromatic heterocycles. The number of rotatable bonds is 6. The predicted molar refractivity (Wildman–Crippen MR) is 86.7 cm³/mol. The van der Waals surface area contributed by atoms with Crippen LogP contribution < -0.4 is 10.6 Å². The molecule has 6 nitrogen and oxygen atoms in total. The van der Waals surface area contributed by atoms with Crippen molar-refractivity contribution in [2.45, 2.75) is 39.7 Å². The molecule has 1 unspecified atom stereocenters. The molecule has 2 rings (SSSR count). The third-order valence-corrected chi connectivity index (χ3v) is 3.29. The van der Waals surface area contributed by atoms with Crippen molar-refractivity contribution in [3.63, 3.8) is 0 Å². The van der Waals surface area contributed by atoms with E-state index in [1.165, 1.54) is 0 Å². The maximum atomic E-state index is 12.1. The first kappa shape index (κ1) is 15.9. The number of hydrogen-bond acceptors (Lipinski definition) is 5. The second-order valence-corrected chi connectivity index (χ2v) is 4.96. The lowest BCUT2D eigenvalue weighted by Gasteiger charge is -2.14. The smallest absolute Gasteiger partial charge is 0.246 e. The molecule has 0 radical (unpaired) electrons. The van der Waals surface area contributed by atoms with Crippen LogP contribution in [0.3, 0.4) is 0 Å². The van der Waals surface area contributed by atoms with Gasteiger partial charge in [0.1, 0.15) is 6.04 Å². The number of aryl methyl sites for hydroxylation is 2. The van der Waals surface area contributed by atoms with Crippen LogP contribution in [0.4, 0.5) is 11.6 Å². The molecule has 0 fully saturated rings. The Morgan fingerprint density at radius 3 is 2.41 bits per heavy atom. The second kappa shape index (κ2) is 7.49. The zero-order valence-electron chi connectivity index (χ0n) is 13.1. The van der Waals surface area contributed by atoms with Crippen LogP contribution in [0.15, 0.2) is 30.3 Å². The number of anilines is 2. The molecule has 0 aliphatic rings. The summed E-state index contributed by atoms with van der Waals surface area (Å²) in [6, 6.07) is 8.87. The first-order valence-corrected chi connectivity index (χ1v) is 7.49. The summed E-state index contributed by atoms with van der Waals surface area (Å²) in [5.41, 5.74) is 2.57. The van der Waals surface area contributed by atoms with E-state index in [2.05, 4.69) is 25.8 Å². The number of amides is 1. The molecule has 6 heteroatoms. The molecule has 2 aromatic rings. The average Bonchev–Trinajstić information content (AvgIpc) is 2.55. The highest BCUT2D eigenvalue weighted by Crippen LogP contribution is 2.09. The predicted octanol–water partition coefficient (Wildman–Crippen LogP) is 2.44. The molecule has 0 saturated heterocycles. The Morgan fingerprint density at radius 2 is 1.77 bits per heavy atom. The lowest BCUT2D eigenvalue weighted by atomic mass is 10.2. The molecular formula is C16H21N5O. The minimum absolute atomic E-state index is 0.146. The van der Waals surface area contributed by atoms with E-state index in [9.17, 15) is 4.79 Å². The van der Waals surface area contributed by atoms with Gasteiger partial charge in [0.15, 0.2) is 0 Å². The number of nitrogens with zero attached hydrogens (tertiary/aromatic N) is 3. The fourth-order valence-electron chi connectivity index (χ4n) is 2.03. The van der Waals surface area contributed by atoms with E-state index in [1.54, 1.807) is 6.92 Å². The summed E-state index contributed by atoms with van der Waals surface area (Å²) in [4.78, 5) is 16.6. The van der Waals surface area contributed by atoms with E-state index in [0.717, 1.165) is 29.9 Å². The second-order valence-electron chi connectivity index (χ2n) is 4.96. The number of nitrogens with one attached hydrogen (secondary N) is 2. The fourth-order valence-corrected chi connectivity index (χ4v) is 2.03. The van der Waals surface area contributed by atoms with E-state index in [-0.39, 0.29) is 5.91 Å². The standard InChI is InChI=1S/C16H21N5O/c1-4-13-14(5-2)20-21-16(19-13)17-11(3)15(22)18-12-9-7-6-8-10-12/h6-11H,4-5H2,1-3H3,(H,18,22)(H,17,19,21). The Hall–Kier alpha value is -2.50. The van der Waals surface area contributed by atoms with E-state index >= 15 is 0 Å². The van der Waals surface area contributed by atoms with Crippen molar-refractivity contribution in [3.8, 4) is 0 Å². The SMILES string of the molecule is CCc1nnc(NC(C)C(=O)Nc2ccccc2)nc1CC. The molecule has 1 heterocycles. The van der Waals surface area contributed by atoms with Crippen molar-refractivity contribution < 1.29 is 4.79 Å². The Kier molecular flexibility index (Phi) is 5.41. The molecule has 0 bridgehead atoms. The van der Waals surface area contributed by atoms with E-state index in [0.29, 0.717) is 5.95 Å². The maximum absolute atomic E-state index is 12.1. The normalized spacial score (nSPS) is 11.8. The van der Waals surface area contributed by atoms with Crippen molar-refractivity contribution in [2.75, 3.05) is 10.6 Å². The highest BCUT2D eigenvalue weighted by Gasteiger charge is 2.15. The summed E-state index contributed by atoms with van der Waals surface area (Å²) in [6.07, 6.45) is 1.59. The molecule has 0 aliphatic heterocycles. The van der Waals surface area contributed by atoms with Crippen LogP contribution in [-0.4, -0.2) is 27.1 Å². The van der Waals surface area contributed by atoms with Gasteiger partial charge in [-0.05, 0) is 31.9 Å². The van der Waals surface area contributed by atoms with Gasteiger partial charge in [-0.25, -0.2) is 4.98 Å². The first-order valence-electron chi connectivity index (χ1n) is 7.49. The van der Waals surface area contributed by atoms with Crippen LogP contribution in [0.5, 0.6) is 0 Å². The number of carbonyl (C=O) groups is 1. The lowest BCUT2D eigenvalue weighted by Crippen LogP contribution is -2.32. The van der Waals surface area contributed by atoms with Crippen LogP contribution in [0.1, 0.15) is 32.2 Å². The summed E-state index contributed by atoms with van der Waals surface area (Å²) < 4.78 is 0. The van der Waals surface area contributed by atoms with Gasteiger partial charge in [-0.3, -0.25) is 4.79 Å². The van der Waals surface area contributed by atoms with Gasteiger partial charge in [0.05, 0.1) is 11.4 Å². The molecule has 2 N–H and O–H groups in total. The number of benzene rings is 1. The van der Waals surface area contributed by atoms with Crippen LogP contribution >= 0.6 is 0 Å². The molecule has 1 atom stereocenters. The van der Waals surface area contributed by atoms with Gasteiger partial charge in [0.2, 0.25) is 11.9 Å². The van der Waals surface area contributed by atoms with Gasteiger partial charge < -0.3 is 10.6 Å². The third-order valence-electron chi connectivity index (χ3n) is 3.29. The fraction of sp³-hybridized carbons (Fsp3) is 0.375. The van der Waals surface area contributed by atoms with Gasteiger partial charge in [-0.1, -0.05) is 32.0 Å². The van der Waals surface area contributed by atoms with Crippen LogP contribution in [0.25, 0.3) is 0 Å². The summed E-state index contributed by atoms with van der Waals surface area (Å²) in [6.45, 7) is 5.81. The molecule has 0 aliphatic carbocycles. The summed E-state index contributed by atoms with van der Waals surface area (Å²) in [7, 11) is 0. The molecule has 116 valence electrons. The molecule has 0 spiro atoms. The highest BCUT2D eigenvalue weighted by molar-refractivity contribution is 5.95. The Balaban J connectivity index is 2.02. The molecule has 22 heavy (non-hydrogen) atoms. The van der Waals surface area contributed by atoms with Crippen LogP contribution in [-0.2, 0) is 17.6 Å². The summed E-state index contributed by atoms with van der Waals surface area (Å²) >= 11 is 0. The van der Waals surface area contributed by atoms with Gasteiger partial charge >= 0.3 is 0 Å². The summed E-state index contributed by atoms with van der Waals surface area (Å²) in [5, 5.41) is 14.0. The van der Waals surface area contributed by atoms with Gasteiger partial charge in [0.25, 0.3) is 0 Å². The number of carbonyl (C=O) groups excluding carboxylic acids is 1. The van der Waals surface area contributed by atoms with Crippen molar-refractivity contribution in [3.05, 3.63) is 41.7 Å². The van der Waals surface area contributed by atoms with Gasteiger partial charge in [0, 0.05) is 5.69 Å². The molecular weight excluding hydrogens is 278 g/mol. The zero-order chi connectivity index (χ0) is 15.9. The lowest BCUT2D eigenvalue weighted by molar-refractivity contribution is -0.116. The average molecular weight is 299 g/mol. The van der Waals surface area contributed by atoms with Gasteiger partial charge in [-0.2, -0.15) is 5.10 Å². The Bertz CT molecular complexity index is 630. The van der Waals surface area contributed by atoms with E-state index in [1.807, 2.05) is 44.2 Å². The summed E-state index contributed by atoms with van der Waals surface area (Å²) in [5.74, 6) is 0.233. The number of para-hydroxylation sites is 1. The minimum Gasteiger partial charge on any atom is -0.341 e. The van der Waals surface area contributed by atoms with Crippen molar-refractivity contribution >= 4 is 17.5 Å². The zero-order valence-corrected chi connectivity index (χ0v) is 13.1. The Labute approximate surface area is 130 Å². The largest absolute Gasteiger partial charge is 0.341 e. The van der Waals surface area contributed by atoms with Crippen LogP contribution in [0, 0.1) is 0 Å². The topological polar surface area (TPSA) is 79.8 Å². The molecule has 1 amide bonds.